The molecule has 1 fully saturated rings. The average Bonchev–Trinajstić information content (AvgIpc) is 3.40. The molecule has 0 bridgehead atoms. The maximum Gasteiger partial charge on any atom is 0.249 e. The topological polar surface area (TPSA) is 68.0 Å². The van der Waals surface area contributed by atoms with Crippen molar-refractivity contribution in [3.8, 4) is 11.4 Å². The number of nitrogens with zero attached hydrogens (tertiary/aromatic N) is 2. The number of amides is 1. The second-order valence-electron chi connectivity index (χ2n) is 6.49. The van der Waals surface area contributed by atoms with Gasteiger partial charge in [-0.2, -0.15) is 4.98 Å². The highest BCUT2D eigenvalue weighted by atomic mass is 35.5. The second kappa shape index (κ2) is 7.30. The van der Waals surface area contributed by atoms with Gasteiger partial charge in [0.2, 0.25) is 17.6 Å². The average molecular weight is 368 g/mol. The van der Waals surface area contributed by atoms with Crippen LogP contribution in [0.5, 0.6) is 0 Å². The van der Waals surface area contributed by atoms with Crippen molar-refractivity contribution in [2.45, 2.75) is 25.3 Å². The highest BCUT2D eigenvalue weighted by Gasteiger charge is 2.32. The molecular weight excluding hydrogens is 350 g/mol. The largest absolute Gasteiger partial charge is 0.344 e. The first-order chi connectivity index (χ1) is 12.7. The smallest absolute Gasteiger partial charge is 0.249 e. The van der Waals surface area contributed by atoms with Crippen LogP contribution in [-0.2, 0) is 11.2 Å². The maximum atomic E-state index is 12.3. The second-order valence-corrected chi connectivity index (χ2v) is 6.92. The Kier molecular flexibility index (Phi) is 4.71. The summed E-state index contributed by atoms with van der Waals surface area (Å²) in [4.78, 5) is 16.8. The molecule has 1 saturated carbocycles. The molecule has 2 aromatic carbocycles. The molecule has 0 aliphatic heterocycles. The van der Waals surface area contributed by atoms with Gasteiger partial charge in [0.05, 0.1) is 0 Å². The maximum absolute atomic E-state index is 12.3. The lowest BCUT2D eigenvalue weighted by atomic mass is 10.1. The highest BCUT2D eigenvalue weighted by Crippen LogP contribution is 2.30. The third-order valence-electron chi connectivity index (χ3n) is 4.39. The molecule has 1 aliphatic rings. The summed E-state index contributed by atoms with van der Waals surface area (Å²) in [6.07, 6.45) is 2.50. The van der Waals surface area contributed by atoms with Gasteiger partial charge in [0.15, 0.2) is 0 Å². The number of carbonyl (C=O) groups excluding carboxylic acids is 1. The number of benzene rings is 2. The molecule has 3 aromatic rings. The number of halogens is 1. The van der Waals surface area contributed by atoms with Crippen LogP contribution in [0.1, 0.15) is 30.3 Å². The SMILES string of the molecule is O=C(NC(Cc1ccccc1)c1nc(-c2ccc(Cl)cc2)no1)C1CC1. The first-order valence-corrected chi connectivity index (χ1v) is 9.00. The lowest BCUT2D eigenvalue weighted by Crippen LogP contribution is -2.31. The Bertz CT molecular complexity index is 889. The van der Waals surface area contributed by atoms with Crippen LogP contribution in [0, 0.1) is 5.92 Å². The minimum absolute atomic E-state index is 0.0529. The van der Waals surface area contributed by atoms with E-state index < -0.39 is 0 Å². The Morgan fingerprint density at radius 3 is 2.58 bits per heavy atom. The van der Waals surface area contributed by atoms with E-state index in [-0.39, 0.29) is 17.9 Å². The predicted molar refractivity (Wildman–Crippen MR) is 98.5 cm³/mol. The summed E-state index contributed by atoms with van der Waals surface area (Å²) in [5.74, 6) is 1.06. The third kappa shape index (κ3) is 3.94. The number of carbonyl (C=O) groups is 1. The number of aromatic nitrogens is 2. The minimum atomic E-state index is -0.348. The Balaban J connectivity index is 1.58. The van der Waals surface area contributed by atoms with Gasteiger partial charge >= 0.3 is 0 Å². The molecule has 1 aliphatic carbocycles. The van der Waals surface area contributed by atoms with Gasteiger partial charge in [0.1, 0.15) is 6.04 Å². The monoisotopic (exact) mass is 367 g/mol. The van der Waals surface area contributed by atoms with Crippen LogP contribution in [0.2, 0.25) is 5.02 Å². The fraction of sp³-hybridized carbons (Fsp3) is 0.250. The van der Waals surface area contributed by atoms with E-state index in [9.17, 15) is 4.79 Å². The van der Waals surface area contributed by atoms with Gasteiger partial charge in [-0.15, -0.1) is 0 Å². The lowest BCUT2D eigenvalue weighted by molar-refractivity contribution is -0.123. The summed E-state index contributed by atoms with van der Waals surface area (Å²) >= 11 is 5.93. The van der Waals surface area contributed by atoms with Crippen LogP contribution in [0.25, 0.3) is 11.4 Å². The van der Waals surface area contributed by atoms with E-state index in [0.717, 1.165) is 24.0 Å². The van der Waals surface area contributed by atoms with Crippen molar-refractivity contribution in [1.29, 1.82) is 0 Å². The predicted octanol–water partition coefficient (Wildman–Crippen LogP) is 4.20. The van der Waals surface area contributed by atoms with Crippen molar-refractivity contribution < 1.29 is 9.32 Å². The molecule has 6 heteroatoms. The van der Waals surface area contributed by atoms with Crippen molar-refractivity contribution in [3.05, 3.63) is 71.1 Å². The zero-order chi connectivity index (χ0) is 17.9. The molecule has 1 heterocycles. The Hall–Kier alpha value is -2.66. The lowest BCUT2D eigenvalue weighted by Gasteiger charge is -2.15. The molecule has 0 saturated heterocycles. The number of hydrogen-bond acceptors (Lipinski definition) is 4. The molecule has 1 unspecified atom stereocenters. The summed E-state index contributed by atoms with van der Waals surface area (Å²) in [5, 5.41) is 7.78. The van der Waals surface area contributed by atoms with Gasteiger partial charge in [-0.25, -0.2) is 0 Å². The van der Waals surface area contributed by atoms with Crippen LogP contribution >= 0.6 is 11.6 Å². The zero-order valence-electron chi connectivity index (χ0n) is 14.1. The van der Waals surface area contributed by atoms with Crippen LogP contribution in [0.15, 0.2) is 59.1 Å². The summed E-state index contributed by atoms with van der Waals surface area (Å²) < 4.78 is 5.48. The zero-order valence-corrected chi connectivity index (χ0v) is 14.8. The molecule has 5 nitrogen and oxygen atoms in total. The number of nitrogens with one attached hydrogen (secondary N) is 1. The van der Waals surface area contributed by atoms with E-state index in [1.807, 2.05) is 42.5 Å². The Morgan fingerprint density at radius 2 is 1.88 bits per heavy atom. The van der Waals surface area contributed by atoms with E-state index in [1.165, 1.54) is 0 Å². The summed E-state index contributed by atoms with van der Waals surface area (Å²) in [7, 11) is 0. The van der Waals surface area contributed by atoms with Gasteiger partial charge in [-0.1, -0.05) is 47.1 Å². The first kappa shape index (κ1) is 16.8. The molecule has 26 heavy (non-hydrogen) atoms. The van der Waals surface area contributed by atoms with Crippen molar-refractivity contribution in [2.75, 3.05) is 0 Å². The van der Waals surface area contributed by atoms with E-state index >= 15 is 0 Å². The molecule has 4 rings (SSSR count). The van der Waals surface area contributed by atoms with Crippen molar-refractivity contribution in [2.24, 2.45) is 5.92 Å². The molecule has 1 amide bonds. The normalized spacial score (nSPS) is 14.8. The Labute approximate surface area is 156 Å². The summed E-state index contributed by atoms with van der Waals surface area (Å²) in [6, 6.07) is 16.8. The van der Waals surface area contributed by atoms with Crippen molar-refractivity contribution in [1.82, 2.24) is 15.5 Å². The fourth-order valence-corrected chi connectivity index (χ4v) is 2.90. The van der Waals surface area contributed by atoms with Gasteiger partial charge in [0.25, 0.3) is 0 Å². The summed E-state index contributed by atoms with van der Waals surface area (Å²) in [6.45, 7) is 0. The molecule has 1 aromatic heterocycles. The van der Waals surface area contributed by atoms with Gasteiger partial charge in [-0.3, -0.25) is 4.79 Å². The minimum Gasteiger partial charge on any atom is -0.344 e. The van der Waals surface area contributed by atoms with Gasteiger partial charge < -0.3 is 9.84 Å². The van der Waals surface area contributed by atoms with Crippen LogP contribution in [-0.4, -0.2) is 16.0 Å². The summed E-state index contributed by atoms with van der Waals surface area (Å²) in [5.41, 5.74) is 1.91. The quantitative estimate of drug-likeness (QED) is 0.709. The fourth-order valence-electron chi connectivity index (χ4n) is 2.78. The highest BCUT2D eigenvalue weighted by molar-refractivity contribution is 6.30. The van der Waals surface area contributed by atoms with E-state index in [4.69, 9.17) is 16.1 Å². The van der Waals surface area contributed by atoms with Crippen LogP contribution < -0.4 is 5.32 Å². The molecular formula is C20H18ClN3O2. The molecule has 132 valence electrons. The Morgan fingerprint density at radius 1 is 1.15 bits per heavy atom. The van der Waals surface area contributed by atoms with Crippen molar-refractivity contribution in [3.63, 3.8) is 0 Å². The van der Waals surface area contributed by atoms with E-state index in [1.54, 1.807) is 12.1 Å². The molecule has 1 atom stereocenters. The number of hydrogen-bond donors (Lipinski definition) is 1. The van der Waals surface area contributed by atoms with Gasteiger partial charge in [-0.05, 0) is 42.7 Å². The molecule has 0 spiro atoms. The standard InChI is InChI=1S/C20H18ClN3O2/c21-16-10-8-14(9-11-16)18-23-20(26-24-18)17(22-19(25)15-6-7-15)12-13-4-2-1-3-5-13/h1-5,8-11,15,17H,6-7,12H2,(H,22,25). The van der Waals surface area contributed by atoms with Crippen LogP contribution in [0.4, 0.5) is 0 Å². The first-order valence-electron chi connectivity index (χ1n) is 8.63. The van der Waals surface area contributed by atoms with Crippen LogP contribution in [0.3, 0.4) is 0 Å². The molecule has 0 radical (unpaired) electrons. The van der Waals surface area contributed by atoms with Crippen molar-refractivity contribution >= 4 is 17.5 Å². The van der Waals surface area contributed by atoms with Gasteiger partial charge in [0, 0.05) is 22.9 Å². The number of rotatable bonds is 6. The molecule has 1 N–H and O–H groups in total. The van der Waals surface area contributed by atoms with E-state index in [2.05, 4.69) is 15.5 Å². The third-order valence-corrected chi connectivity index (χ3v) is 4.64. The van der Waals surface area contributed by atoms with E-state index in [0.29, 0.717) is 23.2 Å².